The van der Waals surface area contributed by atoms with Crippen LogP contribution in [0.15, 0.2) is 9.78 Å². The van der Waals surface area contributed by atoms with Crippen LogP contribution in [-0.4, -0.2) is 12.8 Å². The van der Waals surface area contributed by atoms with E-state index >= 15 is 0 Å². The molecule has 3 heteroatoms. The van der Waals surface area contributed by atoms with Crippen molar-refractivity contribution in [3.8, 4) is 0 Å². The van der Waals surface area contributed by atoms with Gasteiger partial charge in [-0.3, -0.25) is 0 Å². The lowest BCUT2D eigenvalue weighted by molar-refractivity contribution is 0.809. The van der Waals surface area contributed by atoms with E-state index in [-0.39, 0.29) is 0 Å². The van der Waals surface area contributed by atoms with Gasteiger partial charge in [-0.2, -0.15) is 0 Å². The fourth-order valence-corrected chi connectivity index (χ4v) is 0.576. The highest BCUT2D eigenvalue weighted by Crippen LogP contribution is 1.97. The van der Waals surface area contributed by atoms with E-state index < -0.39 is 0 Å². The standard InChI is InChI=1S/C6H11IN2/c1-2-3-9-5-6(7)4-8/h4-5,8-9H,2-3H2,1H3/b6-5+,8-4?. The van der Waals surface area contributed by atoms with Crippen LogP contribution in [-0.2, 0) is 0 Å². The van der Waals surface area contributed by atoms with E-state index in [0.717, 1.165) is 16.5 Å². The van der Waals surface area contributed by atoms with E-state index in [1.165, 1.54) is 6.21 Å². The lowest BCUT2D eigenvalue weighted by atomic mass is 10.5. The minimum absolute atomic E-state index is 0.932. The molecule has 0 fully saturated rings. The van der Waals surface area contributed by atoms with Crippen LogP contribution in [0.25, 0.3) is 0 Å². The Hall–Kier alpha value is -0.0600. The van der Waals surface area contributed by atoms with Crippen molar-refractivity contribution >= 4 is 28.8 Å². The summed E-state index contributed by atoms with van der Waals surface area (Å²) >= 11 is 2.10. The summed E-state index contributed by atoms with van der Waals surface area (Å²) in [6, 6.07) is 0. The van der Waals surface area contributed by atoms with Gasteiger partial charge in [-0.1, -0.05) is 6.92 Å². The maximum Gasteiger partial charge on any atom is 0.0462 e. The van der Waals surface area contributed by atoms with Crippen molar-refractivity contribution in [1.29, 1.82) is 5.41 Å². The molecular formula is C6H11IN2. The van der Waals surface area contributed by atoms with E-state index in [0.29, 0.717) is 0 Å². The first-order valence-electron chi connectivity index (χ1n) is 2.90. The molecule has 0 atom stereocenters. The molecule has 0 aliphatic heterocycles. The average Bonchev–Trinajstić information content (AvgIpc) is 1.89. The fraction of sp³-hybridized carbons (Fsp3) is 0.500. The number of hydrogen-bond acceptors (Lipinski definition) is 2. The molecule has 0 aromatic heterocycles. The molecule has 0 saturated heterocycles. The summed E-state index contributed by atoms with van der Waals surface area (Å²) in [4.78, 5) is 0. The lowest BCUT2D eigenvalue weighted by Crippen LogP contribution is -2.05. The van der Waals surface area contributed by atoms with Gasteiger partial charge in [-0.15, -0.1) is 0 Å². The summed E-state index contributed by atoms with van der Waals surface area (Å²) in [6.45, 7) is 3.10. The number of hydrogen-bond donors (Lipinski definition) is 2. The molecule has 9 heavy (non-hydrogen) atoms. The van der Waals surface area contributed by atoms with Crippen molar-refractivity contribution in [1.82, 2.24) is 5.32 Å². The van der Waals surface area contributed by atoms with Gasteiger partial charge in [0.25, 0.3) is 0 Å². The number of halogens is 1. The maximum atomic E-state index is 6.80. The molecule has 0 radical (unpaired) electrons. The molecule has 0 rings (SSSR count). The van der Waals surface area contributed by atoms with E-state index in [2.05, 4.69) is 34.8 Å². The Morgan fingerprint density at radius 1 is 1.78 bits per heavy atom. The van der Waals surface area contributed by atoms with Gasteiger partial charge in [0, 0.05) is 22.5 Å². The smallest absolute Gasteiger partial charge is 0.0462 e. The molecule has 0 saturated carbocycles. The molecule has 0 unspecified atom stereocenters. The van der Waals surface area contributed by atoms with Crippen LogP contribution >= 0.6 is 22.6 Å². The molecule has 0 aromatic carbocycles. The predicted octanol–water partition coefficient (Wildman–Crippen LogP) is 1.91. The van der Waals surface area contributed by atoms with Crippen LogP contribution in [0.5, 0.6) is 0 Å². The fourth-order valence-electron chi connectivity index (χ4n) is 0.356. The van der Waals surface area contributed by atoms with Crippen molar-refractivity contribution in [3.63, 3.8) is 0 Å². The number of allylic oxidation sites excluding steroid dienone is 1. The highest BCUT2D eigenvalue weighted by Gasteiger charge is 1.79. The zero-order valence-electron chi connectivity index (χ0n) is 5.45. The van der Waals surface area contributed by atoms with E-state index in [9.17, 15) is 0 Å². The molecular weight excluding hydrogens is 227 g/mol. The number of nitrogens with one attached hydrogen (secondary N) is 2. The van der Waals surface area contributed by atoms with Crippen LogP contribution in [0.4, 0.5) is 0 Å². The molecule has 0 aromatic rings. The van der Waals surface area contributed by atoms with Gasteiger partial charge in [0.15, 0.2) is 0 Å². The largest absolute Gasteiger partial charge is 0.390 e. The normalized spacial score (nSPS) is 11.1. The van der Waals surface area contributed by atoms with Crippen LogP contribution < -0.4 is 5.32 Å². The second-order valence-electron chi connectivity index (χ2n) is 1.63. The summed E-state index contributed by atoms with van der Waals surface area (Å²) < 4.78 is 0.932. The topological polar surface area (TPSA) is 35.9 Å². The quantitative estimate of drug-likeness (QED) is 0.438. The molecule has 0 aliphatic carbocycles. The summed E-state index contributed by atoms with van der Waals surface area (Å²) in [5, 5.41) is 9.87. The Bertz CT molecular complexity index is 110. The minimum Gasteiger partial charge on any atom is -0.390 e. The third kappa shape index (κ3) is 5.82. The van der Waals surface area contributed by atoms with Crippen molar-refractivity contribution < 1.29 is 0 Å². The molecule has 0 heterocycles. The van der Waals surface area contributed by atoms with Gasteiger partial charge in [-0.05, 0) is 29.0 Å². The number of rotatable bonds is 4. The third-order valence-electron chi connectivity index (χ3n) is 0.772. The molecule has 0 amide bonds. The Morgan fingerprint density at radius 3 is 2.89 bits per heavy atom. The van der Waals surface area contributed by atoms with E-state index in [1.807, 2.05) is 6.20 Å². The van der Waals surface area contributed by atoms with Crippen molar-refractivity contribution in [2.24, 2.45) is 0 Å². The highest BCUT2D eigenvalue weighted by molar-refractivity contribution is 14.1. The summed E-state index contributed by atoms with van der Waals surface area (Å²) in [6.07, 6.45) is 4.29. The van der Waals surface area contributed by atoms with Crippen LogP contribution in [0.2, 0.25) is 0 Å². The first kappa shape index (κ1) is 8.94. The lowest BCUT2D eigenvalue weighted by Gasteiger charge is -1.94. The third-order valence-corrected chi connectivity index (χ3v) is 1.39. The van der Waals surface area contributed by atoms with Crippen molar-refractivity contribution in [2.45, 2.75) is 13.3 Å². The second kappa shape index (κ2) is 6.07. The summed E-state index contributed by atoms with van der Waals surface area (Å²) in [5.41, 5.74) is 0. The Labute approximate surface area is 69.4 Å². The predicted molar refractivity (Wildman–Crippen MR) is 49.2 cm³/mol. The van der Waals surface area contributed by atoms with E-state index in [4.69, 9.17) is 5.41 Å². The monoisotopic (exact) mass is 238 g/mol. The van der Waals surface area contributed by atoms with Gasteiger partial charge in [0.2, 0.25) is 0 Å². The van der Waals surface area contributed by atoms with Crippen LogP contribution in [0.1, 0.15) is 13.3 Å². The van der Waals surface area contributed by atoms with Gasteiger partial charge in [-0.25, -0.2) is 0 Å². The van der Waals surface area contributed by atoms with Gasteiger partial charge in [0.1, 0.15) is 0 Å². The SMILES string of the molecule is CCCN/C=C(/I)C=N. The van der Waals surface area contributed by atoms with Crippen LogP contribution in [0.3, 0.4) is 0 Å². The van der Waals surface area contributed by atoms with Crippen molar-refractivity contribution in [3.05, 3.63) is 9.78 Å². The Balaban J connectivity index is 3.31. The average molecular weight is 238 g/mol. The summed E-state index contributed by atoms with van der Waals surface area (Å²) in [7, 11) is 0. The first-order valence-corrected chi connectivity index (χ1v) is 3.98. The second-order valence-corrected chi connectivity index (χ2v) is 2.87. The van der Waals surface area contributed by atoms with Gasteiger partial charge < -0.3 is 10.7 Å². The molecule has 2 nitrogen and oxygen atoms in total. The summed E-state index contributed by atoms with van der Waals surface area (Å²) in [5.74, 6) is 0. The van der Waals surface area contributed by atoms with Gasteiger partial charge >= 0.3 is 0 Å². The Kier molecular flexibility index (Phi) is 6.03. The zero-order chi connectivity index (χ0) is 7.11. The zero-order valence-corrected chi connectivity index (χ0v) is 7.60. The van der Waals surface area contributed by atoms with Crippen molar-refractivity contribution in [2.75, 3.05) is 6.54 Å². The van der Waals surface area contributed by atoms with Gasteiger partial charge in [0.05, 0.1) is 0 Å². The molecule has 0 aliphatic rings. The van der Waals surface area contributed by atoms with Crippen LogP contribution in [0, 0.1) is 5.41 Å². The minimum atomic E-state index is 0.932. The molecule has 2 N–H and O–H groups in total. The molecule has 52 valence electrons. The molecule has 0 spiro atoms. The highest BCUT2D eigenvalue weighted by atomic mass is 127. The molecule has 0 bridgehead atoms. The first-order chi connectivity index (χ1) is 4.31. The Morgan fingerprint density at radius 2 is 2.44 bits per heavy atom. The maximum absolute atomic E-state index is 6.80. The van der Waals surface area contributed by atoms with E-state index in [1.54, 1.807) is 0 Å².